The van der Waals surface area contributed by atoms with Gasteiger partial charge in [0.25, 0.3) is 0 Å². The second kappa shape index (κ2) is 8.46. The normalized spacial score (nSPS) is 16.4. The highest BCUT2D eigenvalue weighted by Gasteiger charge is 2.36. The van der Waals surface area contributed by atoms with E-state index in [1.54, 1.807) is 0 Å². The van der Waals surface area contributed by atoms with E-state index in [2.05, 4.69) is 9.97 Å². The van der Waals surface area contributed by atoms with E-state index in [1.165, 1.54) is 23.1 Å². The van der Waals surface area contributed by atoms with Crippen LogP contribution in [0.1, 0.15) is 18.5 Å². The lowest BCUT2D eigenvalue weighted by molar-refractivity contribution is -0.141. The lowest BCUT2D eigenvalue weighted by Crippen LogP contribution is -2.49. The summed E-state index contributed by atoms with van der Waals surface area (Å²) in [6.07, 6.45) is -4.14. The summed E-state index contributed by atoms with van der Waals surface area (Å²) in [5.74, 6) is -1.09. The molecule has 3 rings (SSSR count). The van der Waals surface area contributed by atoms with Gasteiger partial charge >= 0.3 is 6.18 Å². The van der Waals surface area contributed by atoms with Gasteiger partial charge < -0.3 is 20.5 Å². The van der Waals surface area contributed by atoms with Crippen molar-refractivity contribution in [1.82, 2.24) is 9.97 Å². The molecule has 154 valence electrons. The van der Waals surface area contributed by atoms with E-state index >= 15 is 0 Å². The first-order valence-corrected chi connectivity index (χ1v) is 8.26. The fraction of sp³-hybridized carbons (Fsp3) is 0.412. The number of aliphatic hydroxyl groups is 1. The van der Waals surface area contributed by atoms with Gasteiger partial charge in [0.2, 0.25) is 11.8 Å². The first-order chi connectivity index (χ1) is 12.7. The van der Waals surface area contributed by atoms with Gasteiger partial charge in [-0.2, -0.15) is 18.2 Å². The molecule has 28 heavy (non-hydrogen) atoms. The number of benzene rings is 1. The van der Waals surface area contributed by atoms with E-state index in [4.69, 9.17) is 10.5 Å². The first-order valence-electron chi connectivity index (χ1n) is 8.26. The van der Waals surface area contributed by atoms with Crippen molar-refractivity contribution in [3.05, 3.63) is 41.8 Å². The van der Waals surface area contributed by atoms with E-state index in [0.29, 0.717) is 6.07 Å². The minimum atomic E-state index is -4.70. The van der Waals surface area contributed by atoms with Crippen molar-refractivity contribution < 1.29 is 27.4 Å². The molecule has 0 bridgehead atoms. The number of ether oxygens (including phenoxy) is 1. The van der Waals surface area contributed by atoms with Crippen LogP contribution in [0.25, 0.3) is 0 Å². The Morgan fingerprint density at radius 1 is 1.18 bits per heavy atom. The van der Waals surface area contributed by atoms with Gasteiger partial charge in [0, 0.05) is 31.8 Å². The molecule has 6 nitrogen and oxygen atoms in total. The van der Waals surface area contributed by atoms with Crippen molar-refractivity contribution in [3.8, 4) is 11.6 Å². The quantitative estimate of drug-likeness (QED) is 0.736. The number of nitrogens with zero attached hydrogens (tertiary/aromatic N) is 3. The molecule has 0 saturated carbocycles. The summed E-state index contributed by atoms with van der Waals surface area (Å²) in [5.41, 5.74) is 3.32. The van der Waals surface area contributed by atoms with Crippen LogP contribution in [-0.4, -0.2) is 40.3 Å². The number of piperidine rings is 1. The van der Waals surface area contributed by atoms with Crippen LogP contribution in [0.15, 0.2) is 30.3 Å². The zero-order valence-corrected chi connectivity index (χ0v) is 15.4. The molecule has 2 heterocycles. The predicted molar refractivity (Wildman–Crippen MR) is 96.2 cm³/mol. The molecule has 3 N–H and O–H groups in total. The van der Waals surface area contributed by atoms with Crippen molar-refractivity contribution in [2.75, 3.05) is 24.5 Å². The lowest BCUT2D eigenvalue weighted by Gasteiger charge is -2.37. The van der Waals surface area contributed by atoms with Crippen LogP contribution in [-0.2, 0) is 6.18 Å². The third kappa shape index (κ3) is 5.21. The molecule has 1 aliphatic heterocycles. The molecule has 2 aromatic rings. The van der Waals surface area contributed by atoms with Crippen molar-refractivity contribution in [2.24, 2.45) is 5.73 Å². The number of hydrogen-bond acceptors (Lipinski definition) is 6. The maximum atomic E-state index is 13.3. The fourth-order valence-corrected chi connectivity index (χ4v) is 2.73. The molecule has 0 spiro atoms. The highest BCUT2D eigenvalue weighted by molar-refractivity contribution is 5.85. The molecule has 1 saturated heterocycles. The standard InChI is InChI=1S/C17H18F4N4O2.ClH/c18-11-2-1-3-12(8-11)27-14-9-13(17(19,20)21)23-15(24-14)25-6-4-16(26,10-22)5-7-25;/h1-3,8-9,26H,4-7,10,22H2;1H. The van der Waals surface area contributed by atoms with Crippen LogP contribution in [0.4, 0.5) is 23.5 Å². The number of alkyl halides is 3. The molecule has 1 aliphatic rings. The van der Waals surface area contributed by atoms with Crippen LogP contribution >= 0.6 is 12.4 Å². The Hall–Kier alpha value is -2.17. The van der Waals surface area contributed by atoms with Crippen molar-refractivity contribution >= 4 is 18.4 Å². The average molecular weight is 423 g/mol. The second-order valence-electron chi connectivity index (χ2n) is 6.36. The van der Waals surface area contributed by atoms with E-state index in [0.717, 1.165) is 6.07 Å². The highest BCUT2D eigenvalue weighted by atomic mass is 35.5. The van der Waals surface area contributed by atoms with E-state index in [1.807, 2.05) is 0 Å². The number of rotatable bonds is 4. The van der Waals surface area contributed by atoms with Gasteiger partial charge in [0.05, 0.1) is 5.60 Å². The molecular weight excluding hydrogens is 404 g/mol. The molecule has 0 radical (unpaired) electrons. The molecule has 1 aromatic carbocycles. The van der Waals surface area contributed by atoms with E-state index in [-0.39, 0.29) is 62.5 Å². The second-order valence-corrected chi connectivity index (χ2v) is 6.36. The molecule has 0 aliphatic carbocycles. The molecule has 11 heteroatoms. The van der Waals surface area contributed by atoms with Crippen LogP contribution in [0.3, 0.4) is 0 Å². The summed E-state index contributed by atoms with van der Waals surface area (Å²) in [4.78, 5) is 9.14. The Bertz CT molecular complexity index is 814. The zero-order valence-electron chi connectivity index (χ0n) is 14.6. The molecule has 0 unspecified atom stereocenters. The van der Waals surface area contributed by atoms with Gasteiger partial charge in [-0.1, -0.05) is 6.07 Å². The van der Waals surface area contributed by atoms with E-state index < -0.39 is 23.3 Å². The molecule has 1 aromatic heterocycles. The van der Waals surface area contributed by atoms with Gasteiger partial charge in [-0.15, -0.1) is 12.4 Å². The molecular formula is C17H19ClF4N4O2. The summed E-state index contributed by atoms with van der Waals surface area (Å²) >= 11 is 0. The summed E-state index contributed by atoms with van der Waals surface area (Å²) in [5, 5.41) is 10.2. The third-order valence-corrected chi connectivity index (χ3v) is 4.36. The van der Waals surface area contributed by atoms with E-state index in [9.17, 15) is 22.7 Å². The van der Waals surface area contributed by atoms with Gasteiger partial charge in [0.15, 0.2) is 5.69 Å². The summed E-state index contributed by atoms with van der Waals surface area (Å²) in [6, 6.07) is 5.66. The Labute approximate surface area is 164 Å². The number of anilines is 1. The minimum Gasteiger partial charge on any atom is -0.439 e. The lowest BCUT2D eigenvalue weighted by atomic mass is 9.92. The number of aromatic nitrogens is 2. The maximum absolute atomic E-state index is 13.3. The molecule has 1 fully saturated rings. The van der Waals surface area contributed by atoms with Gasteiger partial charge in [-0.05, 0) is 25.0 Å². The summed E-state index contributed by atoms with van der Waals surface area (Å²) in [7, 11) is 0. The highest BCUT2D eigenvalue weighted by Crippen LogP contribution is 2.33. The Morgan fingerprint density at radius 3 is 2.43 bits per heavy atom. The van der Waals surface area contributed by atoms with Crippen molar-refractivity contribution in [2.45, 2.75) is 24.6 Å². The van der Waals surface area contributed by atoms with Crippen LogP contribution < -0.4 is 15.4 Å². The first kappa shape index (κ1) is 22.1. The Kier molecular flexibility index (Phi) is 6.68. The van der Waals surface area contributed by atoms with Crippen LogP contribution in [0, 0.1) is 5.82 Å². The van der Waals surface area contributed by atoms with Crippen molar-refractivity contribution in [1.29, 1.82) is 0 Å². The molecule has 0 amide bonds. The molecule has 0 atom stereocenters. The number of halogens is 5. The number of nitrogens with two attached hydrogens (primary N) is 1. The Morgan fingerprint density at radius 2 is 1.86 bits per heavy atom. The Balaban J connectivity index is 0.00000280. The SMILES string of the molecule is Cl.NCC1(O)CCN(c2nc(Oc3cccc(F)c3)cc(C(F)(F)F)n2)CC1. The third-order valence-electron chi connectivity index (χ3n) is 4.36. The monoisotopic (exact) mass is 422 g/mol. The summed E-state index contributed by atoms with van der Waals surface area (Å²) in [6.45, 7) is 0.557. The van der Waals surface area contributed by atoms with Crippen molar-refractivity contribution in [3.63, 3.8) is 0 Å². The largest absolute Gasteiger partial charge is 0.439 e. The smallest absolute Gasteiger partial charge is 0.433 e. The summed E-state index contributed by atoms with van der Waals surface area (Å²) < 4.78 is 58.2. The fourth-order valence-electron chi connectivity index (χ4n) is 2.73. The van der Waals surface area contributed by atoms with Crippen LogP contribution in [0.5, 0.6) is 11.6 Å². The number of hydrogen-bond donors (Lipinski definition) is 2. The van der Waals surface area contributed by atoms with Gasteiger partial charge in [-0.3, -0.25) is 0 Å². The zero-order chi connectivity index (χ0) is 19.7. The minimum absolute atomic E-state index is 0. The van der Waals surface area contributed by atoms with Gasteiger partial charge in [-0.25, -0.2) is 9.37 Å². The predicted octanol–water partition coefficient (Wildman–Crippen LogP) is 3.14. The maximum Gasteiger partial charge on any atom is 0.433 e. The average Bonchev–Trinajstić information content (AvgIpc) is 2.61. The topological polar surface area (TPSA) is 84.5 Å². The van der Waals surface area contributed by atoms with Gasteiger partial charge in [0.1, 0.15) is 11.6 Å². The van der Waals surface area contributed by atoms with Crippen LogP contribution in [0.2, 0.25) is 0 Å².